The van der Waals surface area contributed by atoms with Crippen LogP contribution in [-0.2, 0) is 0 Å². The summed E-state index contributed by atoms with van der Waals surface area (Å²) in [4.78, 5) is 11.3. The number of allylic oxidation sites excluding steroid dienone is 2. The van der Waals surface area contributed by atoms with Crippen LogP contribution in [0.25, 0.3) is 0 Å². The number of hydrogen-bond donors (Lipinski definition) is 0. The summed E-state index contributed by atoms with van der Waals surface area (Å²) in [5, 5.41) is 0. The van der Waals surface area contributed by atoms with Gasteiger partial charge in [0.2, 0.25) is 0 Å². The first-order valence-electron chi connectivity index (χ1n) is 7.97. The average molecular weight is 291 g/mol. The first-order chi connectivity index (χ1) is 10.6. The lowest BCUT2D eigenvalue weighted by Crippen LogP contribution is -2.34. The van der Waals surface area contributed by atoms with Crippen molar-refractivity contribution in [1.82, 2.24) is 9.97 Å². The Hall–Kier alpha value is -2.16. The van der Waals surface area contributed by atoms with Crippen molar-refractivity contribution in [2.24, 2.45) is 0 Å². The normalized spacial score (nSPS) is 26.4. The van der Waals surface area contributed by atoms with Crippen LogP contribution in [0, 0.1) is 0 Å². The highest BCUT2D eigenvalue weighted by Crippen LogP contribution is 2.52. The Labute approximate surface area is 131 Å². The number of nitrogens with zero attached hydrogens (tertiary/aromatic N) is 3. The molecule has 112 valence electrons. The summed E-state index contributed by atoms with van der Waals surface area (Å²) in [6, 6.07) is 6.45. The zero-order chi connectivity index (χ0) is 15.4. The van der Waals surface area contributed by atoms with E-state index in [1.807, 2.05) is 24.7 Å². The summed E-state index contributed by atoms with van der Waals surface area (Å²) in [5.74, 6) is 2.29. The maximum Gasteiger partial charge on any atom is 0.136 e. The summed E-state index contributed by atoms with van der Waals surface area (Å²) in [7, 11) is 2.15. The predicted molar refractivity (Wildman–Crippen MR) is 89.1 cm³/mol. The van der Waals surface area contributed by atoms with E-state index in [-0.39, 0.29) is 0 Å². The molecule has 0 spiro atoms. The van der Waals surface area contributed by atoms with Crippen LogP contribution in [0.3, 0.4) is 0 Å². The molecule has 3 heterocycles. The van der Waals surface area contributed by atoms with Crippen LogP contribution in [0.4, 0.5) is 5.82 Å². The van der Waals surface area contributed by atoms with Crippen LogP contribution in [0.1, 0.15) is 55.2 Å². The Bertz CT molecular complexity index is 650. The van der Waals surface area contributed by atoms with Gasteiger partial charge in [-0.1, -0.05) is 26.8 Å². The Balaban J connectivity index is 1.96. The van der Waals surface area contributed by atoms with Crippen molar-refractivity contribution in [2.75, 3.05) is 11.9 Å². The molecule has 0 bridgehead atoms. The monoisotopic (exact) mass is 291 g/mol. The second kappa shape index (κ2) is 4.67. The van der Waals surface area contributed by atoms with Crippen LogP contribution in [0.15, 0.2) is 48.1 Å². The lowest BCUT2D eigenvalue weighted by atomic mass is 9.70. The van der Waals surface area contributed by atoms with Gasteiger partial charge in [-0.15, -0.1) is 0 Å². The van der Waals surface area contributed by atoms with Gasteiger partial charge in [-0.3, -0.25) is 4.98 Å². The zero-order valence-electron chi connectivity index (χ0n) is 13.5. The van der Waals surface area contributed by atoms with E-state index in [0.29, 0.717) is 17.8 Å². The fourth-order valence-corrected chi connectivity index (χ4v) is 4.35. The van der Waals surface area contributed by atoms with Crippen molar-refractivity contribution < 1.29 is 0 Å². The van der Waals surface area contributed by atoms with Crippen LogP contribution in [0.5, 0.6) is 0 Å². The van der Waals surface area contributed by atoms with Gasteiger partial charge < -0.3 is 4.90 Å². The summed E-state index contributed by atoms with van der Waals surface area (Å²) in [6.45, 7) is 6.93. The maximum atomic E-state index is 4.63. The molecule has 22 heavy (non-hydrogen) atoms. The molecule has 0 N–H and O–H groups in total. The summed E-state index contributed by atoms with van der Waals surface area (Å²) in [6.07, 6.45) is 5.84. The molecule has 3 heteroatoms. The molecule has 1 aliphatic heterocycles. The molecule has 1 aliphatic carbocycles. The number of rotatable bonds is 0. The maximum absolute atomic E-state index is 4.63. The molecular formula is C19H21N3. The van der Waals surface area contributed by atoms with Gasteiger partial charge >= 0.3 is 0 Å². The minimum absolute atomic E-state index is 0.359. The Kier molecular flexibility index (Phi) is 2.86. The van der Waals surface area contributed by atoms with Gasteiger partial charge in [-0.05, 0) is 28.8 Å². The highest BCUT2D eigenvalue weighted by Gasteiger charge is 2.39. The van der Waals surface area contributed by atoms with Gasteiger partial charge in [-0.25, -0.2) is 4.98 Å². The SMILES string of the molecule is CC1C2=C(C(C)c3cnccc31)N(C)c1ncccc1C2C. The lowest BCUT2D eigenvalue weighted by Gasteiger charge is -2.43. The van der Waals surface area contributed by atoms with Gasteiger partial charge in [0, 0.05) is 54.7 Å². The smallest absolute Gasteiger partial charge is 0.136 e. The number of likely N-dealkylation sites (N-methyl/N-ethyl adjacent to an activating group) is 1. The molecule has 0 amide bonds. The van der Waals surface area contributed by atoms with E-state index in [9.17, 15) is 0 Å². The van der Waals surface area contributed by atoms with Gasteiger partial charge in [-0.2, -0.15) is 0 Å². The standard InChI is InChI=1S/C19H21N3/c1-11-14-7-9-20-10-16(14)13(3)18-17(11)12(2)15-6-5-8-21-19(15)22(18)4/h5-13H,1-4H3. The fraction of sp³-hybridized carbons (Fsp3) is 0.368. The topological polar surface area (TPSA) is 29.0 Å². The number of fused-ring (bicyclic) bond motifs is 2. The van der Waals surface area contributed by atoms with Crippen LogP contribution in [0.2, 0.25) is 0 Å². The number of aromatic nitrogens is 2. The van der Waals surface area contributed by atoms with E-state index in [1.54, 1.807) is 0 Å². The van der Waals surface area contributed by atoms with Crippen molar-refractivity contribution in [2.45, 2.75) is 38.5 Å². The largest absolute Gasteiger partial charge is 0.332 e. The molecule has 2 aliphatic rings. The van der Waals surface area contributed by atoms with E-state index in [2.05, 4.69) is 54.8 Å². The third-order valence-corrected chi connectivity index (χ3v) is 5.42. The second-order valence-electron chi connectivity index (χ2n) is 6.49. The Morgan fingerprint density at radius 2 is 1.68 bits per heavy atom. The first-order valence-corrected chi connectivity index (χ1v) is 7.97. The summed E-state index contributed by atoms with van der Waals surface area (Å²) < 4.78 is 0. The summed E-state index contributed by atoms with van der Waals surface area (Å²) in [5.41, 5.74) is 7.06. The molecule has 0 saturated carbocycles. The third-order valence-electron chi connectivity index (χ3n) is 5.42. The van der Waals surface area contributed by atoms with Crippen molar-refractivity contribution in [3.05, 3.63) is 64.8 Å². The quantitative estimate of drug-likeness (QED) is 0.728. The van der Waals surface area contributed by atoms with E-state index in [0.717, 1.165) is 5.82 Å². The number of pyridine rings is 2. The molecule has 2 aromatic rings. The molecule has 4 rings (SSSR count). The van der Waals surface area contributed by atoms with Crippen molar-refractivity contribution in [1.29, 1.82) is 0 Å². The molecule has 3 nitrogen and oxygen atoms in total. The molecule has 2 aromatic heterocycles. The molecule has 0 saturated heterocycles. The zero-order valence-corrected chi connectivity index (χ0v) is 13.5. The molecular weight excluding hydrogens is 270 g/mol. The van der Waals surface area contributed by atoms with E-state index < -0.39 is 0 Å². The van der Waals surface area contributed by atoms with Gasteiger partial charge in [0.15, 0.2) is 0 Å². The molecule has 3 atom stereocenters. The minimum atomic E-state index is 0.359. The van der Waals surface area contributed by atoms with Crippen LogP contribution < -0.4 is 4.90 Å². The molecule has 3 unspecified atom stereocenters. The molecule has 0 radical (unpaired) electrons. The van der Waals surface area contributed by atoms with Gasteiger partial charge in [0.05, 0.1) is 0 Å². The van der Waals surface area contributed by atoms with Gasteiger partial charge in [0.25, 0.3) is 0 Å². The highest BCUT2D eigenvalue weighted by atomic mass is 15.2. The predicted octanol–water partition coefficient (Wildman–Crippen LogP) is 4.20. The van der Waals surface area contributed by atoms with Gasteiger partial charge in [0.1, 0.15) is 5.82 Å². The third kappa shape index (κ3) is 1.62. The number of anilines is 1. The minimum Gasteiger partial charge on any atom is -0.332 e. The van der Waals surface area contributed by atoms with Crippen molar-refractivity contribution >= 4 is 5.82 Å². The number of hydrogen-bond acceptors (Lipinski definition) is 3. The van der Waals surface area contributed by atoms with E-state index >= 15 is 0 Å². The van der Waals surface area contributed by atoms with E-state index in [4.69, 9.17) is 0 Å². The highest BCUT2D eigenvalue weighted by molar-refractivity contribution is 5.65. The van der Waals surface area contributed by atoms with Crippen molar-refractivity contribution in [3.63, 3.8) is 0 Å². The summed E-state index contributed by atoms with van der Waals surface area (Å²) >= 11 is 0. The van der Waals surface area contributed by atoms with Crippen LogP contribution in [-0.4, -0.2) is 17.0 Å². The Morgan fingerprint density at radius 3 is 2.50 bits per heavy atom. The van der Waals surface area contributed by atoms with E-state index in [1.165, 1.54) is 28.0 Å². The fourth-order valence-electron chi connectivity index (χ4n) is 4.35. The first kappa shape index (κ1) is 13.5. The van der Waals surface area contributed by atoms with Crippen molar-refractivity contribution in [3.8, 4) is 0 Å². The second-order valence-corrected chi connectivity index (χ2v) is 6.49. The van der Waals surface area contributed by atoms with Crippen LogP contribution >= 0.6 is 0 Å². The molecule has 0 aromatic carbocycles. The lowest BCUT2D eigenvalue weighted by molar-refractivity contribution is 0.634. The average Bonchev–Trinajstić information content (AvgIpc) is 2.56. The molecule has 0 fully saturated rings. The Morgan fingerprint density at radius 1 is 0.909 bits per heavy atom.